The van der Waals surface area contributed by atoms with Gasteiger partial charge in [0, 0.05) is 38.5 Å². The molecular formula is C27H40ClN3O4S. The number of β-amino-alcohol motifs (C(OH)–C–C–N with tert-alkyl or cyclic N) is 1. The van der Waals surface area contributed by atoms with Crippen molar-refractivity contribution in [3.8, 4) is 5.75 Å². The average molecular weight is 538 g/mol. The minimum Gasteiger partial charge on any atom is -0.491 e. The van der Waals surface area contributed by atoms with Crippen molar-refractivity contribution >= 4 is 22.2 Å². The highest BCUT2D eigenvalue weighted by atomic mass is 35.5. The number of aliphatic hydroxyl groups excluding tert-OH is 1. The molecule has 1 N–H and O–H groups in total. The molecule has 2 saturated heterocycles. The molecule has 2 aromatic carbocycles. The Balaban J connectivity index is 0.00000361. The molecule has 9 heteroatoms. The van der Waals surface area contributed by atoms with Crippen molar-refractivity contribution in [2.24, 2.45) is 0 Å². The Morgan fingerprint density at radius 1 is 0.917 bits per heavy atom. The van der Waals surface area contributed by atoms with Crippen molar-refractivity contribution in [1.82, 2.24) is 14.7 Å². The first-order valence-corrected chi connectivity index (χ1v) is 14.6. The zero-order chi connectivity index (χ0) is 24.7. The number of halogens is 1. The van der Waals surface area contributed by atoms with Crippen LogP contribution in [0.2, 0.25) is 0 Å². The molecule has 36 heavy (non-hydrogen) atoms. The maximum Gasteiger partial charge on any atom is 0.175 e. The summed E-state index contributed by atoms with van der Waals surface area (Å²) < 4.78 is 30.0. The third-order valence-corrected chi connectivity index (χ3v) is 8.31. The van der Waals surface area contributed by atoms with Gasteiger partial charge in [-0.05, 0) is 69.2 Å². The van der Waals surface area contributed by atoms with Crippen LogP contribution in [0.5, 0.6) is 5.75 Å². The molecule has 2 aliphatic rings. The Morgan fingerprint density at radius 3 is 2.33 bits per heavy atom. The second kappa shape index (κ2) is 13.7. The lowest BCUT2D eigenvalue weighted by Gasteiger charge is -2.38. The van der Waals surface area contributed by atoms with E-state index in [0.717, 1.165) is 69.8 Å². The van der Waals surface area contributed by atoms with E-state index in [9.17, 15) is 13.5 Å². The van der Waals surface area contributed by atoms with E-state index in [2.05, 4.69) is 14.7 Å². The van der Waals surface area contributed by atoms with Crippen LogP contribution in [0.15, 0.2) is 59.5 Å². The van der Waals surface area contributed by atoms with E-state index >= 15 is 0 Å². The molecule has 0 aromatic heterocycles. The second-order valence-electron chi connectivity index (χ2n) is 9.86. The van der Waals surface area contributed by atoms with Crippen LogP contribution in [0.3, 0.4) is 0 Å². The van der Waals surface area contributed by atoms with Crippen LogP contribution in [0.1, 0.15) is 24.8 Å². The van der Waals surface area contributed by atoms with Gasteiger partial charge in [0.2, 0.25) is 0 Å². The third-order valence-electron chi connectivity index (χ3n) is 7.12. The summed E-state index contributed by atoms with van der Waals surface area (Å²) in [6, 6.07) is 17.6. The summed E-state index contributed by atoms with van der Waals surface area (Å²) in [6.45, 7) is 7.68. The summed E-state index contributed by atoms with van der Waals surface area (Å²) in [4.78, 5) is 7.81. The number of rotatable bonds is 9. The normalized spacial score (nSPS) is 19.8. The van der Waals surface area contributed by atoms with Crippen molar-refractivity contribution in [2.45, 2.75) is 42.8 Å². The molecule has 1 unspecified atom stereocenters. The second-order valence-corrected chi connectivity index (χ2v) is 11.8. The van der Waals surface area contributed by atoms with Gasteiger partial charge in [-0.1, -0.05) is 36.4 Å². The lowest BCUT2D eigenvalue weighted by molar-refractivity contribution is 0.0668. The minimum absolute atomic E-state index is 0. The molecule has 2 fully saturated rings. The number of piperidine rings is 1. The third kappa shape index (κ3) is 8.43. The fourth-order valence-electron chi connectivity index (χ4n) is 5.28. The van der Waals surface area contributed by atoms with E-state index in [1.165, 1.54) is 6.26 Å². The van der Waals surface area contributed by atoms with E-state index in [1.54, 1.807) is 12.1 Å². The lowest BCUT2D eigenvalue weighted by Crippen LogP contribution is -2.46. The summed E-state index contributed by atoms with van der Waals surface area (Å²) in [5, 5.41) is 10.5. The van der Waals surface area contributed by atoms with Gasteiger partial charge in [0.1, 0.15) is 18.5 Å². The molecule has 4 rings (SSSR count). The fourth-order valence-corrected chi connectivity index (χ4v) is 6.21. The van der Waals surface area contributed by atoms with Crippen LogP contribution in [-0.4, -0.2) is 99.0 Å². The monoisotopic (exact) mass is 537 g/mol. The molecule has 2 aromatic rings. The Bertz CT molecular complexity index is 1030. The van der Waals surface area contributed by atoms with E-state index in [4.69, 9.17) is 4.74 Å². The van der Waals surface area contributed by atoms with Gasteiger partial charge in [-0.3, -0.25) is 14.7 Å². The highest BCUT2D eigenvalue weighted by Gasteiger charge is 2.27. The number of hydrogen-bond donors (Lipinski definition) is 1. The van der Waals surface area contributed by atoms with E-state index in [1.807, 2.05) is 42.5 Å². The lowest BCUT2D eigenvalue weighted by atomic mass is 10.0. The molecule has 7 nitrogen and oxygen atoms in total. The molecule has 0 amide bonds. The van der Waals surface area contributed by atoms with E-state index < -0.39 is 15.9 Å². The highest BCUT2D eigenvalue weighted by Crippen LogP contribution is 2.23. The Morgan fingerprint density at radius 2 is 1.61 bits per heavy atom. The molecule has 0 saturated carbocycles. The quantitative estimate of drug-likeness (QED) is 0.527. The van der Waals surface area contributed by atoms with Gasteiger partial charge in [0.05, 0.1) is 4.90 Å². The Kier molecular flexibility index (Phi) is 11.0. The number of hydrogen-bond acceptors (Lipinski definition) is 7. The van der Waals surface area contributed by atoms with Crippen LogP contribution < -0.4 is 4.74 Å². The summed E-state index contributed by atoms with van der Waals surface area (Å²) in [5.74, 6) is 0.791. The smallest absolute Gasteiger partial charge is 0.175 e. The van der Waals surface area contributed by atoms with Crippen LogP contribution in [0, 0.1) is 0 Å². The van der Waals surface area contributed by atoms with Crippen LogP contribution >= 0.6 is 12.4 Å². The van der Waals surface area contributed by atoms with E-state index in [-0.39, 0.29) is 12.4 Å². The minimum atomic E-state index is -3.21. The highest BCUT2D eigenvalue weighted by molar-refractivity contribution is 7.90. The maximum atomic E-state index is 12.1. The van der Waals surface area contributed by atoms with Gasteiger partial charge in [-0.2, -0.15) is 0 Å². The Hall–Kier alpha value is -1.68. The molecule has 0 spiro atoms. The molecular weight excluding hydrogens is 498 g/mol. The SMILES string of the molecule is CS(=O)(=O)c1ccccc1CN1CCC(N2CCCN(CC(O)COc3ccccc3)CC2)CC1.Cl. The molecule has 1 atom stereocenters. The van der Waals surface area contributed by atoms with Gasteiger partial charge < -0.3 is 9.84 Å². The van der Waals surface area contributed by atoms with Gasteiger partial charge in [0.15, 0.2) is 9.84 Å². The van der Waals surface area contributed by atoms with Crippen LogP contribution in [0.25, 0.3) is 0 Å². The number of likely N-dealkylation sites (tertiary alicyclic amines) is 1. The predicted octanol–water partition coefficient (Wildman–Crippen LogP) is 2.92. The summed E-state index contributed by atoms with van der Waals surface area (Å²) in [6.07, 6.45) is 4.10. The average Bonchev–Trinajstić information content (AvgIpc) is 3.09. The molecule has 2 aliphatic heterocycles. The fraction of sp³-hybridized carbons (Fsp3) is 0.556. The molecule has 2 heterocycles. The molecule has 0 aliphatic carbocycles. The van der Waals surface area contributed by atoms with Crippen molar-refractivity contribution < 1.29 is 18.3 Å². The first-order valence-electron chi connectivity index (χ1n) is 12.7. The predicted molar refractivity (Wildman–Crippen MR) is 146 cm³/mol. The van der Waals surface area contributed by atoms with Gasteiger partial charge >= 0.3 is 0 Å². The van der Waals surface area contributed by atoms with Crippen LogP contribution in [0.4, 0.5) is 0 Å². The molecule has 0 bridgehead atoms. The Labute approximate surface area is 222 Å². The maximum absolute atomic E-state index is 12.1. The number of benzene rings is 2. The summed E-state index contributed by atoms with van der Waals surface area (Å²) in [7, 11) is -3.21. The summed E-state index contributed by atoms with van der Waals surface area (Å²) >= 11 is 0. The van der Waals surface area contributed by atoms with Gasteiger partial charge in [0.25, 0.3) is 0 Å². The number of para-hydroxylation sites is 1. The van der Waals surface area contributed by atoms with E-state index in [0.29, 0.717) is 30.6 Å². The van der Waals surface area contributed by atoms with Crippen LogP contribution in [-0.2, 0) is 16.4 Å². The zero-order valence-electron chi connectivity index (χ0n) is 21.2. The van der Waals surface area contributed by atoms with Gasteiger partial charge in [-0.15, -0.1) is 12.4 Å². The molecule has 0 radical (unpaired) electrons. The first kappa shape index (κ1) is 28.9. The molecule has 200 valence electrons. The van der Waals surface area contributed by atoms with Crippen molar-refractivity contribution in [1.29, 1.82) is 0 Å². The first-order chi connectivity index (χ1) is 16.9. The van der Waals surface area contributed by atoms with Crippen molar-refractivity contribution in [2.75, 3.05) is 58.7 Å². The van der Waals surface area contributed by atoms with Crippen molar-refractivity contribution in [3.05, 3.63) is 60.2 Å². The standard InChI is InChI=1S/C27H39N3O4S.ClH/c1-35(32,33)27-11-6-5-8-23(27)20-29-16-12-24(13-17-29)30-15-7-14-28(18-19-30)21-25(31)22-34-26-9-3-2-4-10-26;/h2-6,8-11,24-25,31H,7,12-22H2,1H3;1H. The number of nitrogens with zero attached hydrogens (tertiary/aromatic N) is 3. The van der Waals surface area contributed by atoms with Crippen molar-refractivity contribution in [3.63, 3.8) is 0 Å². The largest absolute Gasteiger partial charge is 0.491 e. The number of sulfone groups is 1. The number of ether oxygens (including phenoxy) is 1. The number of aliphatic hydroxyl groups is 1. The van der Waals surface area contributed by atoms with Gasteiger partial charge in [-0.25, -0.2) is 8.42 Å². The zero-order valence-corrected chi connectivity index (χ0v) is 22.8. The summed E-state index contributed by atoms with van der Waals surface area (Å²) in [5.41, 5.74) is 0.897. The topological polar surface area (TPSA) is 73.3 Å².